The molecule has 2 aromatic carbocycles. The first-order valence-corrected chi connectivity index (χ1v) is 7.99. The Morgan fingerprint density at radius 1 is 1.05 bits per heavy atom. The van der Waals surface area contributed by atoms with Gasteiger partial charge in [0.25, 0.3) is 0 Å². The first kappa shape index (κ1) is 16.0. The summed E-state index contributed by atoms with van der Waals surface area (Å²) in [4.78, 5) is 0. The van der Waals surface area contributed by atoms with Gasteiger partial charge in [0, 0.05) is 10.2 Å². The Labute approximate surface area is 142 Å². The molecule has 2 rings (SSSR count). The van der Waals surface area contributed by atoms with Crippen molar-refractivity contribution >= 4 is 56.4 Å². The molecule has 0 amide bonds. The average Bonchev–Trinajstić information content (AvgIpc) is 2.39. The van der Waals surface area contributed by atoms with Crippen LogP contribution in [0.2, 0.25) is 15.1 Å². The summed E-state index contributed by atoms with van der Waals surface area (Å²) < 4.78 is 1.06. The summed E-state index contributed by atoms with van der Waals surface area (Å²) in [6.07, 6.45) is 0. The van der Waals surface area contributed by atoms with E-state index >= 15 is 0 Å². The van der Waals surface area contributed by atoms with Crippen LogP contribution in [-0.4, -0.2) is 0 Å². The largest absolute Gasteiger partial charge is 0.378 e. The standard InChI is InChI=1S/C15H13BrCl3N/c1-8-7-10(16)3-6-13(8)20-9(2)11-4-5-12(17)15(19)14(11)18/h3-7,9,20H,1-2H3. The fraction of sp³-hybridized carbons (Fsp3) is 0.200. The van der Waals surface area contributed by atoms with Crippen LogP contribution in [0, 0.1) is 6.92 Å². The molecule has 106 valence electrons. The number of anilines is 1. The molecule has 0 fully saturated rings. The van der Waals surface area contributed by atoms with Gasteiger partial charge in [-0.15, -0.1) is 0 Å². The van der Waals surface area contributed by atoms with Crippen molar-refractivity contribution in [1.82, 2.24) is 0 Å². The zero-order chi connectivity index (χ0) is 14.9. The minimum atomic E-state index is 0.0251. The fourth-order valence-corrected chi connectivity index (χ4v) is 3.16. The highest BCUT2D eigenvalue weighted by Gasteiger charge is 2.15. The van der Waals surface area contributed by atoms with Crippen molar-refractivity contribution in [3.63, 3.8) is 0 Å². The molecule has 1 N–H and O–H groups in total. The summed E-state index contributed by atoms with van der Waals surface area (Å²) >= 11 is 21.8. The average molecular weight is 394 g/mol. The minimum Gasteiger partial charge on any atom is -0.378 e. The topological polar surface area (TPSA) is 12.0 Å². The Bertz CT molecular complexity index is 643. The maximum absolute atomic E-state index is 6.26. The SMILES string of the molecule is Cc1cc(Br)ccc1NC(C)c1ccc(Cl)c(Cl)c1Cl. The molecule has 0 aliphatic rings. The van der Waals surface area contributed by atoms with Crippen molar-refractivity contribution in [2.45, 2.75) is 19.9 Å². The van der Waals surface area contributed by atoms with Crippen molar-refractivity contribution in [2.75, 3.05) is 5.32 Å². The molecular formula is C15H13BrCl3N. The number of aryl methyl sites for hydroxylation is 1. The van der Waals surface area contributed by atoms with E-state index in [4.69, 9.17) is 34.8 Å². The quantitative estimate of drug-likeness (QED) is 0.560. The Morgan fingerprint density at radius 2 is 1.75 bits per heavy atom. The minimum absolute atomic E-state index is 0.0251. The highest BCUT2D eigenvalue weighted by atomic mass is 79.9. The van der Waals surface area contributed by atoms with Crippen LogP contribution in [0.3, 0.4) is 0 Å². The Hall–Kier alpha value is -0.410. The Balaban J connectivity index is 2.28. The summed E-state index contributed by atoms with van der Waals surface area (Å²) in [5.74, 6) is 0. The zero-order valence-corrected chi connectivity index (χ0v) is 14.8. The third kappa shape index (κ3) is 3.43. The summed E-state index contributed by atoms with van der Waals surface area (Å²) in [5.41, 5.74) is 3.13. The summed E-state index contributed by atoms with van der Waals surface area (Å²) in [7, 11) is 0. The van der Waals surface area contributed by atoms with E-state index in [1.807, 2.05) is 25.1 Å². The molecular weight excluding hydrogens is 380 g/mol. The fourth-order valence-electron chi connectivity index (χ4n) is 1.98. The lowest BCUT2D eigenvalue weighted by Gasteiger charge is -2.19. The van der Waals surface area contributed by atoms with Gasteiger partial charge < -0.3 is 5.32 Å². The third-order valence-corrected chi connectivity index (χ3v) is 4.89. The van der Waals surface area contributed by atoms with Gasteiger partial charge in [0.05, 0.1) is 21.1 Å². The van der Waals surface area contributed by atoms with E-state index < -0.39 is 0 Å². The van der Waals surface area contributed by atoms with Gasteiger partial charge in [-0.05, 0) is 49.2 Å². The highest BCUT2D eigenvalue weighted by molar-refractivity contribution is 9.10. The van der Waals surface area contributed by atoms with E-state index in [9.17, 15) is 0 Å². The molecule has 1 atom stereocenters. The van der Waals surface area contributed by atoms with Crippen molar-refractivity contribution in [1.29, 1.82) is 0 Å². The number of benzene rings is 2. The van der Waals surface area contributed by atoms with Gasteiger partial charge in [-0.2, -0.15) is 0 Å². The molecule has 0 aliphatic heterocycles. The smallest absolute Gasteiger partial charge is 0.0782 e. The van der Waals surface area contributed by atoms with Crippen molar-refractivity contribution in [3.8, 4) is 0 Å². The lowest BCUT2D eigenvalue weighted by Crippen LogP contribution is -2.08. The number of nitrogens with one attached hydrogen (secondary N) is 1. The molecule has 0 bridgehead atoms. The first-order valence-electron chi connectivity index (χ1n) is 6.06. The van der Waals surface area contributed by atoms with E-state index in [1.54, 1.807) is 6.07 Å². The maximum atomic E-state index is 6.26. The normalized spacial score (nSPS) is 12.3. The van der Waals surface area contributed by atoms with Gasteiger partial charge in [-0.25, -0.2) is 0 Å². The molecule has 0 saturated heterocycles. The monoisotopic (exact) mass is 391 g/mol. The first-order chi connectivity index (χ1) is 9.40. The molecule has 5 heteroatoms. The number of halogens is 4. The van der Waals surface area contributed by atoms with Gasteiger partial charge in [0.15, 0.2) is 0 Å². The number of hydrogen-bond donors (Lipinski definition) is 1. The van der Waals surface area contributed by atoms with Gasteiger partial charge >= 0.3 is 0 Å². The number of rotatable bonds is 3. The zero-order valence-electron chi connectivity index (χ0n) is 11.0. The molecule has 0 aliphatic carbocycles. The second kappa shape index (κ2) is 6.57. The van der Waals surface area contributed by atoms with E-state index in [2.05, 4.69) is 34.2 Å². The van der Waals surface area contributed by atoms with E-state index in [0.717, 1.165) is 21.3 Å². The molecule has 1 nitrogen and oxygen atoms in total. The predicted octanol–water partition coefficient (Wildman–Crippen LogP) is 6.89. The highest BCUT2D eigenvalue weighted by Crippen LogP contribution is 2.36. The van der Waals surface area contributed by atoms with Crippen LogP contribution in [-0.2, 0) is 0 Å². The van der Waals surface area contributed by atoms with Crippen LogP contribution in [0.25, 0.3) is 0 Å². The molecule has 2 aromatic rings. The van der Waals surface area contributed by atoms with Gasteiger partial charge in [-0.3, -0.25) is 0 Å². The van der Waals surface area contributed by atoms with Crippen LogP contribution in [0.5, 0.6) is 0 Å². The molecule has 0 radical (unpaired) electrons. The van der Waals surface area contributed by atoms with E-state index in [0.29, 0.717) is 15.1 Å². The predicted molar refractivity (Wildman–Crippen MR) is 92.4 cm³/mol. The molecule has 0 heterocycles. The Morgan fingerprint density at radius 3 is 2.40 bits per heavy atom. The van der Waals surface area contributed by atoms with Gasteiger partial charge in [0.1, 0.15) is 0 Å². The second-order valence-electron chi connectivity index (χ2n) is 4.59. The molecule has 1 unspecified atom stereocenters. The van der Waals surface area contributed by atoms with Crippen LogP contribution in [0.4, 0.5) is 5.69 Å². The summed E-state index contributed by atoms with van der Waals surface area (Å²) in [5, 5.41) is 4.79. The maximum Gasteiger partial charge on any atom is 0.0782 e. The van der Waals surface area contributed by atoms with Gasteiger partial charge in [-0.1, -0.05) is 56.8 Å². The van der Waals surface area contributed by atoms with E-state index in [-0.39, 0.29) is 6.04 Å². The summed E-state index contributed by atoms with van der Waals surface area (Å²) in [6.45, 7) is 4.09. The van der Waals surface area contributed by atoms with Crippen LogP contribution in [0.1, 0.15) is 24.1 Å². The number of hydrogen-bond acceptors (Lipinski definition) is 1. The molecule has 0 aromatic heterocycles. The van der Waals surface area contributed by atoms with Crippen molar-refractivity contribution in [3.05, 3.63) is 61.0 Å². The Kier molecular flexibility index (Phi) is 5.25. The molecule has 0 saturated carbocycles. The van der Waals surface area contributed by atoms with Crippen LogP contribution >= 0.6 is 50.7 Å². The van der Waals surface area contributed by atoms with Crippen molar-refractivity contribution in [2.24, 2.45) is 0 Å². The molecule has 0 spiro atoms. The summed E-state index contributed by atoms with van der Waals surface area (Å²) in [6, 6.07) is 9.77. The van der Waals surface area contributed by atoms with Crippen LogP contribution < -0.4 is 5.32 Å². The second-order valence-corrected chi connectivity index (χ2v) is 6.67. The van der Waals surface area contributed by atoms with Gasteiger partial charge in [0.2, 0.25) is 0 Å². The van der Waals surface area contributed by atoms with Crippen molar-refractivity contribution < 1.29 is 0 Å². The lowest BCUT2D eigenvalue weighted by molar-refractivity contribution is 0.883. The van der Waals surface area contributed by atoms with E-state index in [1.165, 1.54) is 0 Å². The third-order valence-electron chi connectivity index (χ3n) is 3.09. The van der Waals surface area contributed by atoms with Crippen LogP contribution in [0.15, 0.2) is 34.8 Å². The molecule has 20 heavy (non-hydrogen) atoms. The lowest BCUT2D eigenvalue weighted by atomic mass is 10.1.